The van der Waals surface area contributed by atoms with Gasteiger partial charge < -0.3 is 14.2 Å². The van der Waals surface area contributed by atoms with Crippen molar-refractivity contribution in [3.05, 3.63) is 35.7 Å². The Bertz CT molecular complexity index is 649. The van der Waals surface area contributed by atoms with Gasteiger partial charge >= 0.3 is 5.97 Å². The Morgan fingerprint density at radius 1 is 1.29 bits per heavy atom. The quantitative estimate of drug-likeness (QED) is 0.791. The summed E-state index contributed by atoms with van der Waals surface area (Å²) in [6.45, 7) is 3.91. The van der Waals surface area contributed by atoms with E-state index in [1.165, 1.54) is 6.20 Å². The molecule has 0 spiro atoms. The Morgan fingerprint density at radius 3 is 2.67 bits per heavy atom. The van der Waals surface area contributed by atoms with Gasteiger partial charge in [0.05, 0.1) is 32.7 Å². The maximum Gasteiger partial charge on any atom is 0.341 e. The normalized spacial score (nSPS) is 10.3. The summed E-state index contributed by atoms with van der Waals surface area (Å²) in [6, 6.07) is 5.40. The van der Waals surface area contributed by atoms with E-state index in [1.807, 2.05) is 19.1 Å². The van der Waals surface area contributed by atoms with E-state index in [2.05, 4.69) is 5.10 Å². The fraction of sp³-hybridized carbons (Fsp3) is 0.333. The number of carbonyl (C=O) groups is 1. The van der Waals surface area contributed by atoms with Gasteiger partial charge in [0.1, 0.15) is 22.7 Å². The maximum atomic E-state index is 11.8. The van der Waals surface area contributed by atoms with Crippen molar-refractivity contribution in [2.75, 3.05) is 20.8 Å². The van der Waals surface area contributed by atoms with Gasteiger partial charge in [0.25, 0.3) is 0 Å². The van der Waals surface area contributed by atoms with Gasteiger partial charge in [-0.15, -0.1) is 0 Å². The molecular formula is C15H18N2O4. The molecule has 2 aromatic rings. The molecule has 1 aromatic heterocycles. The van der Waals surface area contributed by atoms with E-state index in [0.29, 0.717) is 29.4 Å². The molecule has 21 heavy (non-hydrogen) atoms. The summed E-state index contributed by atoms with van der Waals surface area (Å²) < 4.78 is 17.2. The second kappa shape index (κ2) is 6.30. The molecule has 1 aromatic carbocycles. The van der Waals surface area contributed by atoms with Crippen molar-refractivity contribution in [2.24, 2.45) is 0 Å². The van der Waals surface area contributed by atoms with Crippen LogP contribution in [-0.2, 0) is 4.74 Å². The Morgan fingerprint density at radius 2 is 2.05 bits per heavy atom. The summed E-state index contributed by atoms with van der Waals surface area (Å²) in [5.74, 6) is 0.913. The molecule has 0 aliphatic carbocycles. The molecule has 112 valence electrons. The van der Waals surface area contributed by atoms with Gasteiger partial charge in [0.2, 0.25) is 0 Å². The molecule has 0 bridgehead atoms. The van der Waals surface area contributed by atoms with Crippen LogP contribution in [0.4, 0.5) is 0 Å². The van der Waals surface area contributed by atoms with Crippen LogP contribution in [0.15, 0.2) is 24.4 Å². The number of aromatic nitrogens is 2. The van der Waals surface area contributed by atoms with Gasteiger partial charge in [0.15, 0.2) is 0 Å². The van der Waals surface area contributed by atoms with E-state index in [4.69, 9.17) is 14.2 Å². The summed E-state index contributed by atoms with van der Waals surface area (Å²) >= 11 is 0. The Hall–Kier alpha value is -2.50. The fourth-order valence-electron chi connectivity index (χ4n) is 2.02. The lowest BCUT2D eigenvalue weighted by molar-refractivity contribution is 0.0525. The van der Waals surface area contributed by atoms with Crippen LogP contribution in [0.3, 0.4) is 0 Å². The van der Waals surface area contributed by atoms with Gasteiger partial charge in [-0.2, -0.15) is 5.10 Å². The highest BCUT2D eigenvalue weighted by molar-refractivity contribution is 5.90. The van der Waals surface area contributed by atoms with Gasteiger partial charge in [0, 0.05) is 6.07 Å². The van der Waals surface area contributed by atoms with Crippen LogP contribution in [0, 0.1) is 6.92 Å². The minimum absolute atomic E-state index is 0.329. The SMILES string of the molecule is CCOC(=O)c1cnn(-c2ccc(OC)cc2OC)c1C. The number of hydrogen-bond acceptors (Lipinski definition) is 5. The van der Waals surface area contributed by atoms with Crippen LogP contribution in [0.1, 0.15) is 23.0 Å². The third-order valence-electron chi connectivity index (χ3n) is 3.12. The third-order valence-corrected chi connectivity index (χ3v) is 3.12. The van der Waals surface area contributed by atoms with E-state index in [-0.39, 0.29) is 5.97 Å². The predicted octanol–water partition coefficient (Wildman–Crippen LogP) is 2.37. The summed E-state index contributed by atoms with van der Waals surface area (Å²) in [4.78, 5) is 11.8. The monoisotopic (exact) mass is 290 g/mol. The first-order chi connectivity index (χ1) is 10.1. The van der Waals surface area contributed by atoms with E-state index < -0.39 is 0 Å². The van der Waals surface area contributed by atoms with Gasteiger partial charge in [-0.05, 0) is 26.0 Å². The summed E-state index contributed by atoms with van der Waals surface area (Å²) in [5, 5.41) is 4.25. The minimum Gasteiger partial charge on any atom is -0.497 e. The predicted molar refractivity (Wildman–Crippen MR) is 77.4 cm³/mol. The van der Waals surface area contributed by atoms with Crippen LogP contribution >= 0.6 is 0 Å². The highest BCUT2D eigenvalue weighted by Gasteiger charge is 2.18. The van der Waals surface area contributed by atoms with Crippen molar-refractivity contribution in [2.45, 2.75) is 13.8 Å². The maximum absolute atomic E-state index is 11.8. The number of carbonyl (C=O) groups excluding carboxylic acids is 1. The zero-order valence-corrected chi connectivity index (χ0v) is 12.5. The molecule has 0 aliphatic rings. The van der Waals surface area contributed by atoms with Gasteiger partial charge in [-0.3, -0.25) is 0 Å². The number of hydrogen-bond donors (Lipinski definition) is 0. The first-order valence-electron chi connectivity index (χ1n) is 6.56. The molecule has 6 nitrogen and oxygen atoms in total. The molecule has 2 rings (SSSR count). The molecule has 0 aliphatic heterocycles. The van der Waals surface area contributed by atoms with Gasteiger partial charge in [-0.1, -0.05) is 0 Å². The van der Waals surface area contributed by atoms with E-state index in [0.717, 1.165) is 5.69 Å². The molecule has 0 amide bonds. The molecule has 6 heteroatoms. The average molecular weight is 290 g/mol. The zero-order valence-electron chi connectivity index (χ0n) is 12.5. The summed E-state index contributed by atoms with van der Waals surface area (Å²) in [7, 11) is 3.16. The average Bonchev–Trinajstić information content (AvgIpc) is 2.88. The molecule has 0 unspecified atom stereocenters. The van der Waals surface area contributed by atoms with Crippen LogP contribution in [-0.4, -0.2) is 36.6 Å². The van der Waals surface area contributed by atoms with Crippen molar-refractivity contribution in [1.29, 1.82) is 0 Å². The Labute approximate surface area is 123 Å². The topological polar surface area (TPSA) is 62.6 Å². The van der Waals surface area contributed by atoms with Crippen LogP contribution in [0.5, 0.6) is 11.5 Å². The second-order valence-electron chi connectivity index (χ2n) is 4.31. The Balaban J connectivity index is 2.46. The first kappa shape index (κ1) is 14.9. The summed E-state index contributed by atoms with van der Waals surface area (Å²) in [6.07, 6.45) is 1.50. The van der Waals surface area contributed by atoms with Crippen molar-refractivity contribution in [3.8, 4) is 17.2 Å². The zero-order chi connectivity index (χ0) is 15.4. The van der Waals surface area contributed by atoms with E-state index >= 15 is 0 Å². The number of rotatable bonds is 5. The lowest BCUT2D eigenvalue weighted by Crippen LogP contribution is -2.07. The van der Waals surface area contributed by atoms with Crippen molar-refractivity contribution in [1.82, 2.24) is 9.78 Å². The largest absolute Gasteiger partial charge is 0.497 e. The minimum atomic E-state index is -0.381. The molecule has 0 saturated heterocycles. The number of ether oxygens (including phenoxy) is 3. The van der Waals surface area contributed by atoms with Crippen molar-refractivity contribution in [3.63, 3.8) is 0 Å². The molecule has 0 radical (unpaired) electrons. The molecule has 0 fully saturated rings. The molecule has 0 saturated carbocycles. The number of methoxy groups -OCH3 is 2. The van der Waals surface area contributed by atoms with Crippen molar-refractivity contribution >= 4 is 5.97 Å². The molecule has 0 N–H and O–H groups in total. The van der Waals surface area contributed by atoms with Crippen LogP contribution in [0.2, 0.25) is 0 Å². The molecule has 1 heterocycles. The number of esters is 1. The van der Waals surface area contributed by atoms with Crippen LogP contribution < -0.4 is 9.47 Å². The summed E-state index contributed by atoms with van der Waals surface area (Å²) in [5.41, 5.74) is 1.86. The fourth-order valence-corrected chi connectivity index (χ4v) is 2.02. The number of nitrogens with zero attached hydrogens (tertiary/aromatic N) is 2. The lowest BCUT2D eigenvalue weighted by atomic mass is 10.2. The first-order valence-corrected chi connectivity index (χ1v) is 6.56. The second-order valence-corrected chi connectivity index (χ2v) is 4.31. The van der Waals surface area contributed by atoms with E-state index in [9.17, 15) is 4.79 Å². The Kier molecular flexibility index (Phi) is 4.47. The standard InChI is InChI=1S/C15H18N2O4/c1-5-21-15(18)12-9-16-17(10(12)2)13-7-6-11(19-3)8-14(13)20-4/h6-9H,5H2,1-4H3. The van der Waals surface area contributed by atoms with Crippen LogP contribution in [0.25, 0.3) is 5.69 Å². The highest BCUT2D eigenvalue weighted by atomic mass is 16.5. The lowest BCUT2D eigenvalue weighted by Gasteiger charge is -2.12. The smallest absolute Gasteiger partial charge is 0.341 e. The molecular weight excluding hydrogens is 272 g/mol. The third kappa shape index (κ3) is 2.84. The highest BCUT2D eigenvalue weighted by Crippen LogP contribution is 2.28. The van der Waals surface area contributed by atoms with Crippen molar-refractivity contribution < 1.29 is 19.0 Å². The molecule has 0 atom stereocenters. The van der Waals surface area contributed by atoms with Gasteiger partial charge in [-0.25, -0.2) is 9.48 Å². The number of benzene rings is 1. The van der Waals surface area contributed by atoms with E-state index in [1.54, 1.807) is 31.9 Å².